The Bertz CT molecular complexity index is 2270. The topological polar surface area (TPSA) is 116 Å². The van der Waals surface area contributed by atoms with Crippen molar-refractivity contribution in [1.82, 2.24) is 4.57 Å². The van der Waals surface area contributed by atoms with Crippen LogP contribution in [0, 0.1) is 0 Å². The minimum absolute atomic E-state index is 0.139. The first kappa shape index (κ1) is 34.1. The van der Waals surface area contributed by atoms with Crippen molar-refractivity contribution in [3.05, 3.63) is 156 Å². The SMILES string of the molecule is CCOC(=O)C1=C(c2ccccc2)N=c2s/c(=C\c3ccc(OCc4cccc(C(=O)O)c4)c(OC)c3)c(=O)n2[C@H]1c1ccc(C(C)C)cc1. The van der Waals surface area contributed by atoms with E-state index in [-0.39, 0.29) is 24.3 Å². The maximum atomic E-state index is 14.3. The highest BCUT2D eigenvalue weighted by molar-refractivity contribution is 7.07. The summed E-state index contributed by atoms with van der Waals surface area (Å²) in [5.41, 5.74) is 4.69. The second-order valence-electron chi connectivity index (χ2n) is 12.0. The van der Waals surface area contributed by atoms with Crippen LogP contribution in [0.25, 0.3) is 11.8 Å². The lowest BCUT2D eigenvalue weighted by atomic mass is 9.91. The molecule has 6 rings (SSSR count). The second-order valence-corrected chi connectivity index (χ2v) is 13.0. The number of aromatic carboxylic acids is 1. The smallest absolute Gasteiger partial charge is 0.338 e. The van der Waals surface area contributed by atoms with Gasteiger partial charge in [0, 0.05) is 5.56 Å². The molecule has 1 aromatic heterocycles. The molecule has 0 amide bonds. The molecule has 10 heteroatoms. The highest BCUT2D eigenvalue weighted by Crippen LogP contribution is 2.36. The molecule has 50 heavy (non-hydrogen) atoms. The zero-order valence-electron chi connectivity index (χ0n) is 28.1. The average Bonchev–Trinajstić information content (AvgIpc) is 3.44. The third kappa shape index (κ3) is 7.02. The molecule has 0 spiro atoms. The Balaban J connectivity index is 1.45. The lowest BCUT2D eigenvalue weighted by Gasteiger charge is -2.26. The summed E-state index contributed by atoms with van der Waals surface area (Å²) in [6, 6.07) is 28.5. The Hall–Kier alpha value is -5.74. The van der Waals surface area contributed by atoms with Gasteiger partial charge in [0.25, 0.3) is 5.56 Å². The number of fused-ring (bicyclic) bond motifs is 1. The lowest BCUT2D eigenvalue weighted by Crippen LogP contribution is -2.40. The third-order valence-electron chi connectivity index (χ3n) is 8.35. The molecule has 0 fully saturated rings. The van der Waals surface area contributed by atoms with Crippen LogP contribution in [-0.2, 0) is 16.1 Å². The maximum Gasteiger partial charge on any atom is 0.338 e. The van der Waals surface area contributed by atoms with E-state index in [4.69, 9.17) is 19.2 Å². The molecule has 0 unspecified atom stereocenters. The summed E-state index contributed by atoms with van der Waals surface area (Å²) in [5, 5.41) is 9.31. The van der Waals surface area contributed by atoms with Gasteiger partial charge >= 0.3 is 11.9 Å². The van der Waals surface area contributed by atoms with Crippen molar-refractivity contribution in [2.45, 2.75) is 39.3 Å². The number of thiazole rings is 1. The fourth-order valence-corrected chi connectivity index (χ4v) is 6.82. The van der Waals surface area contributed by atoms with Gasteiger partial charge in [-0.05, 0) is 65.4 Å². The van der Waals surface area contributed by atoms with E-state index in [2.05, 4.69) is 13.8 Å². The standard InChI is InChI=1S/C40H36N2O7S/c1-5-48-39(46)34-35(28-11-7-6-8-12-28)41-40-42(36(34)29-17-15-27(16-18-29)24(2)3)37(43)33(50-40)22-25-14-19-31(32(21-25)47-4)49-23-26-10-9-13-30(20-26)38(44)45/h6-22,24,36H,5,23H2,1-4H3,(H,44,45)/b33-22-/t36-/m0/s1. The van der Waals surface area contributed by atoms with Crippen LogP contribution in [0.15, 0.2) is 112 Å². The zero-order chi connectivity index (χ0) is 35.4. The summed E-state index contributed by atoms with van der Waals surface area (Å²) in [7, 11) is 1.53. The summed E-state index contributed by atoms with van der Waals surface area (Å²) in [5.74, 6) is -0.327. The lowest BCUT2D eigenvalue weighted by molar-refractivity contribution is -0.138. The molecule has 0 bridgehead atoms. The highest BCUT2D eigenvalue weighted by atomic mass is 32.1. The molecule has 4 aromatic carbocycles. The Morgan fingerprint density at radius 1 is 0.960 bits per heavy atom. The highest BCUT2D eigenvalue weighted by Gasteiger charge is 2.35. The van der Waals surface area contributed by atoms with Crippen LogP contribution in [0.5, 0.6) is 11.5 Å². The van der Waals surface area contributed by atoms with Crippen molar-refractivity contribution in [2.75, 3.05) is 13.7 Å². The van der Waals surface area contributed by atoms with Gasteiger partial charge in [-0.3, -0.25) is 9.36 Å². The van der Waals surface area contributed by atoms with Crippen molar-refractivity contribution >= 4 is 35.0 Å². The number of methoxy groups -OCH3 is 1. The normalized spacial score (nSPS) is 14.3. The van der Waals surface area contributed by atoms with Crippen molar-refractivity contribution < 1.29 is 28.9 Å². The number of aromatic nitrogens is 1. The first-order valence-electron chi connectivity index (χ1n) is 16.2. The van der Waals surface area contributed by atoms with Crippen LogP contribution in [0.1, 0.15) is 70.9 Å². The first-order chi connectivity index (χ1) is 24.2. The number of benzene rings is 4. The molecule has 1 aliphatic rings. The van der Waals surface area contributed by atoms with Crippen LogP contribution >= 0.6 is 11.3 Å². The molecule has 0 aliphatic carbocycles. The molecular weight excluding hydrogens is 653 g/mol. The van der Waals surface area contributed by atoms with E-state index in [0.29, 0.717) is 49.1 Å². The van der Waals surface area contributed by atoms with Gasteiger partial charge in [0.2, 0.25) is 0 Å². The van der Waals surface area contributed by atoms with Crippen molar-refractivity contribution in [3.8, 4) is 11.5 Å². The molecule has 9 nitrogen and oxygen atoms in total. The van der Waals surface area contributed by atoms with E-state index in [1.807, 2.05) is 60.7 Å². The number of carbonyl (C=O) groups excluding carboxylic acids is 1. The third-order valence-corrected chi connectivity index (χ3v) is 9.33. The van der Waals surface area contributed by atoms with E-state index < -0.39 is 18.0 Å². The Labute approximate surface area is 293 Å². The first-order valence-corrected chi connectivity index (χ1v) is 17.0. The monoisotopic (exact) mass is 688 g/mol. The number of carbonyl (C=O) groups is 2. The Morgan fingerprint density at radius 3 is 2.40 bits per heavy atom. The Morgan fingerprint density at radius 2 is 1.72 bits per heavy atom. The molecule has 0 saturated carbocycles. The van der Waals surface area contributed by atoms with Crippen molar-refractivity contribution in [3.63, 3.8) is 0 Å². The average molecular weight is 689 g/mol. The molecule has 0 radical (unpaired) electrons. The number of ether oxygens (including phenoxy) is 3. The molecule has 1 atom stereocenters. The number of nitrogens with zero attached hydrogens (tertiary/aromatic N) is 2. The van der Waals surface area contributed by atoms with E-state index in [9.17, 15) is 19.5 Å². The van der Waals surface area contributed by atoms with Gasteiger partial charge in [-0.1, -0.05) is 98.0 Å². The molecule has 254 valence electrons. The number of carboxylic acids is 1. The summed E-state index contributed by atoms with van der Waals surface area (Å²) in [6.45, 7) is 6.29. The quantitative estimate of drug-likeness (QED) is 0.161. The molecule has 0 saturated heterocycles. The van der Waals surface area contributed by atoms with Gasteiger partial charge in [0.1, 0.15) is 6.61 Å². The van der Waals surface area contributed by atoms with Gasteiger partial charge in [-0.15, -0.1) is 0 Å². The minimum atomic E-state index is -1.01. The van der Waals surface area contributed by atoms with Gasteiger partial charge < -0.3 is 19.3 Å². The van der Waals surface area contributed by atoms with Gasteiger partial charge in [0.05, 0.1) is 41.1 Å². The molecular formula is C40H36N2O7S. The van der Waals surface area contributed by atoms with Gasteiger partial charge in [-0.25, -0.2) is 14.6 Å². The Kier molecular flexibility index (Phi) is 10.1. The number of esters is 1. The van der Waals surface area contributed by atoms with E-state index in [1.165, 1.54) is 24.5 Å². The molecule has 1 N–H and O–H groups in total. The molecule has 2 heterocycles. The minimum Gasteiger partial charge on any atom is -0.493 e. The van der Waals surface area contributed by atoms with Crippen LogP contribution < -0.4 is 24.4 Å². The van der Waals surface area contributed by atoms with E-state index >= 15 is 0 Å². The summed E-state index contributed by atoms with van der Waals surface area (Å²) in [4.78, 5) is 44.8. The summed E-state index contributed by atoms with van der Waals surface area (Å²) in [6.07, 6.45) is 1.77. The van der Waals surface area contributed by atoms with Crippen molar-refractivity contribution in [1.29, 1.82) is 0 Å². The number of carboxylic acid groups (broad SMARTS) is 1. The molecule has 1 aliphatic heterocycles. The largest absolute Gasteiger partial charge is 0.493 e. The predicted molar refractivity (Wildman–Crippen MR) is 192 cm³/mol. The summed E-state index contributed by atoms with van der Waals surface area (Å²) >= 11 is 1.24. The zero-order valence-corrected chi connectivity index (χ0v) is 28.9. The van der Waals surface area contributed by atoms with E-state index in [0.717, 1.165) is 16.7 Å². The van der Waals surface area contributed by atoms with Crippen LogP contribution in [0.3, 0.4) is 0 Å². The van der Waals surface area contributed by atoms with E-state index in [1.54, 1.807) is 47.9 Å². The van der Waals surface area contributed by atoms with Gasteiger partial charge in [-0.2, -0.15) is 0 Å². The number of hydrogen-bond donors (Lipinski definition) is 1. The van der Waals surface area contributed by atoms with Crippen LogP contribution in [-0.4, -0.2) is 35.3 Å². The number of rotatable bonds is 11. The number of hydrogen-bond acceptors (Lipinski definition) is 8. The fraction of sp³-hybridized carbons (Fsp3) is 0.200. The van der Waals surface area contributed by atoms with Crippen LogP contribution in [0.4, 0.5) is 0 Å². The fourth-order valence-electron chi connectivity index (χ4n) is 5.82. The van der Waals surface area contributed by atoms with Crippen molar-refractivity contribution in [2.24, 2.45) is 4.99 Å². The van der Waals surface area contributed by atoms with Gasteiger partial charge in [0.15, 0.2) is 16.3 Å². The second kappa shape index (κ2) is 14.8. The predicted octanol–water partition coefficient (Wildman–Crippen LogP) is 6.34. The molecule has 5 aromatic rings. The van der Waals surface area contributed by atoms with Crippen LogP contribution in [0.2, 0.25) is 0 Å². The summed E-state index contributed by atoms with van der Waals surface area (Å²) < 4.78 is 19.2. The maximum absolute atomic E-state index is 14.3.